The van der Waals surface area contributed by atoms with Crippen LogP contribution in [0, 0.1) is 17.3 Å². The zero-order chi connectivity index (χ0) is 22.2. The predicted molar refractivity (Wildman–Crippen MR) is 110 cm³/mol. The normalized spacial score (nSPS) is 27.0. The van der Waals surface area contributed by atoms with Gasteiger partial charge in [-0.15, -0.1) is 0 Å². The number of nitrogens with zero attached hydrogens (tertiary/aromatic N) is 2. The molecule has 0 bridgehead atoms. The van der Waals surface area contributed by atoms with Crippen molar-refractivity contribution in [3.8, 4) is 0 Å². The number of carbonyl (C=O) groups excluding carboxylic acids is 1. The van der Waals surface area contributed by atoms with Gasteiger partial charge in [0.15, 0.2) is 0 Å². The van der Waals surface area contributed by atoms with Gasteiger partial charge in [0.2, 0.25) is 5.91 Å². The maximum atomic E-state index is 14.1. The molecular formula is C23H31F3N2O2. The molecule has 0 unspecified atom stereocenters. The van der Waals surface area contributed by atoms with Gasteiger partial charge >= 0.3 is 6.18 Å². The largest absolute Gasteiger partial charge is 0.439 e. The Hall–Kier alpha value is -1.89. The number of benzene rings is 1. The lowest BCUT2D eigenvalue weighted by atomic mass is 9.64. The molecule has 2 aliphatic rings. The van der Waals surface area contributed by atoms with Crippen molar-refractivity contribution in [3.05, 3.63) is 35.9 Å². The van der Waals surface area contributed by atoms with Gasteiger partial charge in [0.1, 0.15) is 0 Å². The first-order valence-corrected chi connectivity index (χ1v) is 10.7. The second-order valence-corrected chi connectivity index (χ2v) is 9.23. The van der Waals surface area contributed by atoms with Crippen molar-refractivity contribution in [2.24, 2.45) is 22.4 Å². The zero-order valence-electron chi connectivity index (χ0n) is 17.9. The van der Waals surface area contributed by atoms with Gasteiger partial charge in [0.05, 0.1) is 5.92 Å². The van der Waals surface area contributed by atoms with Crippen LogP contribution >= 0.6 is 0 Å². The van der Waals surface area contributed by atoms with Gasteiger partial charge in [-0.05, 0) is 49.0 Å². The summed E-state index contributed by atoms with van der Waals surface area (Å²) < 4.78 is 42.3. The molecule has 30 heavy (non-hydrogen) atoms. The van der Waals surface area contributed by atoms with E-state index in [0.29, 0.717) is 30.0 Å². The fourth-order valence-electron chi connectivity index (χ4n) is 4.66. The van der Waals surface area contributed by atoms with Crippen LogP contribution < -0.4 is 0 Å². The Balaban J connectivity index is 1.77. The molecule has 1 aliphatic heterocycles. The number of rotatable bonds is 6. The summed E-state index contributed by atoms with van der Waals surface area (Å²) in [4.78, 5) is 12.7. The van der Waals surface area contributed by atoms with Crippen molar-refractivity contribution in [1.82, 2.24) is 5.01 Å². The maximum absolute atomic E-state index is 14.1. The first-order valence-electron chi connectivity index (χ1n) is 10.7. The molecule has 0 spiro atoms. The number of hydrogen-bond donors (Lipinski definition) is 1. The fraction of sp³-hybridized carbons (Fsp3) is 0.652. The van der Waals surface area contributed by atoms with E-state index in [0.717, 1.165) is 18.4 Å². The van der Waals surface area contributed by atoms with Gasteiger partial charge in [-0.3, -0.25) is 4.79 Å². The third kappa shape index (κ3) is 4.13. The maximum Gasteiger partial charge on any atom is 0.439 e. The van der Waals surface area contributed by atoms with Crippen molar-refractivity contribution in [2.75, 3.05) is 0 Å². The van der Waals surface area contributed by atoms with Crippen LogP contribution in [0.15, 0.2) is 35.4 Å². The van der Waals surface area contributed by atoms with Crippen LogP contribution in [0.1, 0.15) is 64.9 Å². The van der Waals surface area contributed by atoms with Gasteiger partial charge in [0, 0.05) is 12.1 Å². The van der Waals surface area contributed by atoms with Crippen LogP contribution in [0.4, 0.5) is 13.2 Å². The third-order valence-corrected chi connectivity index (χ3v) is 7.08. The number of amides is 1. The second-order valence-electron chi connectivity index (χ2n) is 9.23. The lowest BCUT2D eigenvalue weighted by Crippen LogP contribution is -2.62. The Morgan fingerprint density at radius 2 is 1.93 bits per heavy atom. The third-order valence-electron chi connectivity index (χ3n) is 7.08. The van der Waals surface area contributed by atoms with Crippen molar-refractivity contribution >= 4 is 11.6 Å². The Labute approximate surface area is 176 Å². The van der Waals surface area contributed by atoms with E-state index in [1.54, 1.807) is 0 Å². The summed E-state index contributed by atoms with van der Waals surface area (Å²) in [7, 11) is 0. The molecule has 1 heterocycles. The first kappa shape index (κ1) is 22.8. The average molecular weight is 425 g/mol. The summed E-state index contributed by atoms with van der Waals surface area (Å²) in [5.41, 5.74) is -2.07. The Morgan fingerprint density at radius 1 is 1.27 bits per heavy atom. The molecular weight excluding hydrogens is 393 g/mol. The summed E-state index contributed by atoms with van der Waals surface area (Å²) >= 11 is 0. The highest BCUT2D eigenvalue weighted by molar-refractivity contribution is 5.93. The molecule has 3 rings (SSSR count). The Morgan fingerprint density at radius 3 is 2.53 bits per heavy atom. The van der Waals surface area contributed by atoms with Crippen molar-refractivity contribution < 1.29 is 23.1 Å². The van der Waals surface area contributed by atoms with Crippen LogP contribution in [-0.4, -0.2) is 33.6 Å². The van der Waals surface area contributed by atoms with Crippen molar-refractivity contribution in [3.63, 3.8) is 0 Å². The number of fused-ring (bicyclic) bond motifs is 1. The van der Waals surface area contributed by atoms with Gasteiger partial charge in [-0.1, -0.05) is 57.5 Å². The summed E-state index contributed by atoms with van der Waals surface area (Å²) in [5, 5.41) is 15.3. The number of alkyl halides is 3. The van der Waals surface area contributed by atoms with E-state index in [1.165, 1.54) is 0 Å². The molecule has 7 heteroatoms. The number of aryl methyl sites for hydroxylation is 1. The summed E-state index contributed by atoms with van der Waals surface area (Å²) in [6.45, 7) is 6.12. The van der Waals surface area contributed by atoms with Crippen LogP contribution in [0.25, 0.3) is 0 Å². The molecule has 1 aromatic rings. The van der Waals surface area contributed by atoms with Crippen LogP contribution in [0.3, 0.4) is 0 Å². The lowest BCUT2D eigenvalue weighted by molar-refractivity contribution is -0.318. The zero-order valence-corrected chi connectivity index (χ0v) is 17.9. The number of carbonyl (C=O) groups is 1. The van der Waals surface area contributed by atoms with E-state index in [-0.39, 0.29) is 24.2 Å². The summed E-state index contributed by atoms with van der Waals surface area (Å²) in [6.07, 6.45) is -1.97. The Bertz CT molecular complexity index is 791. The molecule has 0 aromatic heterocycles. The molecule has 1 N–H and O–H groups in total. The predicted octanol–water partition coefficient (Wildman–Crippen LogP) is 5.31. The van der Waals surface area contributed by atoms with Crippen LogP contribution in [-0.2, 0) is 11.2 Å². The SMILES string of the molecule is CCC(C)(C)[C@@H]1CCC2=NN(C(=O)CCCc3ccccc3)[C@@](O)(C(F)(F)F)[C@H]2C1. The van der Waals surface area contributed by atoms with E-state index in [9.17, 15) is 23.1 Å². The van der Waals surface area contributed by atoms with E-state index in [1.807, 2.05) is 51.1 Å². The minimum absolute atomic E-state index is 0.0356. The van der Waals surface area contributed by atoms with Crippen molar-refractivity contribution in [2.45, 2.75) is 77.6 Å². The highest BCUT2D eigenvalue weighted by Crippen LogP contribution is 2.52. The molecule has 4 nitrogen and oxygen atoms in total. The monoisotopic (exact) mass is 424 g/mol. The summed E-state index contributed by atoms with van der Waals surface area (Å²) in [6, 6.07) is 9.47. The molecule has 1 amide bonds. The molecule has 1 aliphatic carbocycles. The number of hydrogen-bond acceptors (Lipinski definition) is 3. The smallest absolute Gasteiger partial charge is 0.362 e. The van der Waals surface area contributed by atoms with Crippen molar-refractivity contribution in [1.29, 1.82) is 0 Å². The van der Waals surface area contributed by atoms with Crippen LogP contribution in [0.2, 0.25) is 0 Å². The molecule has 0 radical (unpaired) electrons. The highest BCUT2D eigenvalue weighted by atomic mass is 19.4. The molecule has 166 valence electrons. The minimum atomic E-state index is -4.98. The van der Waals surface area contributed by atoms with Gasteiger partial charge < -0.3 is 5.11 Å². The molecule has 1 fully saturated rings. The second kappa shape index (κ2) is 8.33. The average Bonchev–Trinajstić information content (AvgIpc) is 3.02. The molecule has 1 aromatic carbocycles. The lowest BCUT2D eigenvalue weighted by Gasteiger charge is -2.43. The number of halogens is 3. The fourth-order valence-corrected chi connectivity index (χ4v) is 4.66. The number of aliphatic hydroxyl groups is 1. The molecule has 1 saturated carbocycles. The van der Waals surface area contributed by atoms with E-state index >= 15 is 0 Å². The molecule has 0 saturated heterocycles. The summed E-state index contributed by atoms with van der Waals surface area (Å²) in [5.74, 6) is -1.94. The Kier molecular flexibility index (Phi) is 6.33. The molecule has 3 atom stereocenters. The topological polar surface area (TPSA) is 52.9 Å². The van der Waals surface area contributed by atoms with Crippen LogP contribution in [0.5, 0.6) is 0 Å². The van der Waals surface area contributed by atoms with E-state index in [4.69, 9.17) is 0 Å². The van der Waals surface area contributed by atoms with E-state index in [2.05, 4.69) is 5.10 Å². The van der Waals surface area contributed by atoms with E-state index < -0.39 is 23.7 Å². The van der Waals surface area contributed by atoms with Gasteiger partial charge in [0.25, 0.3) is 5.72 Å². The highest BCUT2D eigenvalue weighted by Gasteiger charge is 2.69. The standard InChI is InChI=1S/C23H31F3N2O2/c1-4-21(2,3)17-13-14-19-18(15-17)22(30,23(24,25)26)28(27-19)20(29)12-8-11-16-9-6-5-7-10-16/h5-7,9-10,17-18,30H,4,8,11-15H2,1-3H3/t17-,18+,22+/m1/s1. The first-order chi connectivity index (χ1) is 14.0. The van der Waals surface area contributed by atoms with Gasteiger partial charge in [-0.2, -0.15) is 23.3 Å². The minimum Gasteiger partial charge on any atom is -0.362 e. The van der Waals surface area contributed by atoms with Gasteiger partial charge in [-0.25, -0.2) is 0 Å². The number of hydrazone groups is 1. The quantitative estimate of drug-likeness (QED) is 0.673.